The van der Waals surface area contributed by atoms with E-state index in [2.05, 4.69) is 10.3 Å². The molecule has 1 saturated carbocycles. The van der Waals surface area contributed by atoms with E-state index in [4.69, 9.17) is 11.6 Å². The van der Waals surface area contributed by atoms with Gasteiger partial charge in [-0.05, 0) is 61.6 Å². The standard InChI is InChI=1S/C21H23ClN2O4/c22-15-1-6-20(27)14(11-15)12-18(26)9-13-7-8-23-19(10-13)21(28)24-16-2-4-17(25)5-3-16/h1,6-8,10-11,16-17,25,27H,2-5,9,12H2,(H,24,28). The summed E-state index contributed by atoms with van der Waals surface area (Å²) in [6.07, 6.45) is 4.28. The van der Waals surface area contributed by atoms with Crippen molar-refractivity contribution in [2.45, 2.75) is 50.7 Å². The number of Topliss-reactive ketones (excluding diaryl/α,β-unsaturated/α-hetero) is 1. The number of benzene rings is 1. The van der Waals surface area contributed by atoms with Crippen LogP contribution in [0.3, 0.4) is 0 Å². The smallest absolute Gasteiger partial charge is 0.270 e. The quantitative estimate of drug-likeness (QED) is 0.690. The third kappa shape index (κ3) is 5.53. The molecule has 1 fully saturated rings. The molecule has 6 nitrogen and oxygen atoms in total. The van der Waals surface area contributed by atoms with Crippen molar-refractivity contribution in [1.82, 2.24) is 10.3 Å². The number of hydrogen-bond acceptors (Lipinski definition) is 5. The van der Waals surface area contributed by atoms with Crippen LogP contribution in [-0.4, -0.2) is 39.0 Å². The molecule has 0 spiro atoms. The summed E-state index contributed by atoms with van der Waals surface area (Å²) in [4.78, 5) is 28.9. The molecule has 148 valence electrons. The predicted molar refractivity (Wildman–Crippen MR) is 105 cm³/mol. The predicted octanol–water partition coefficient (Wildman–Crippen LogP) is 2.83. The molecule has 3 rings (SSSR count). The van der Waals surface area contributed by atoms with Gasteiger partial charge in [-0.2, -0.15) is 0 Å². The van der Waals surface area contributed by atoms with E-state index in [1.807, 2.05) is 0 Å². The van der Waals surface area contributed by atoms with Gasteiger partial charge in [0, 0.05) is 35.7 Å². The molecule has 1 amide bonds. The molecule has 0 saturated heterocycles. The second-order valence-electron chi connectivity index (χ2n) is 7.19. The number of aliphatic hydroxyl groups excluding tert-OH is 1. The fraction of sp³-hybridized carbons (Fsp3) is 0.381. The van der Waals surface area contributed by atoms with E-state index in [1.54, 1.807) is 24.3 Å². The maximum atomic E-state index is 12.4. The molecule has 3 N–H and O–H groups in total. The van der Waals surface area contributed by atoms with E-state index in [1.165, 1.54) is 12.3 Å². The summed E-state index contributed by atoms with van der Waals surface area (Å²) in [6.45, 7) is 0. The van der Waals surface area contributed by atoms with E-state index in [0.717, 1.165) is 12.8 Å². The zero-order valence-electron chi connectivity index (χ0n) is 15.4. The molecule has 0 radical (unpaired) electrons. The fourth-order valence-corrected chi connectivity index (χ4v) is 3.58. The third-order valence-corrected chi connectivity index (χ3v) is 5.15. The van der Waals surface area contributed by atoms with Gasteiger partial charge in [-0.3, -0.25) is 14.6 Å². The number of nitrogens with one attached hydrogen (secondary N) is 1. The van der Waals surface area contributed by atoms with Crippen LogP contribution in [0.2, 0.25) is 5.02 Å². The van der Waals surface area contributed by atoms with Crippen LogP contribution in [0.15, 0.2) is 36.5 Å². The van der Waals surface area contributed by atoms with Crippen molar-refractivity contribution in [3.8, 4) is 5.75 Å². The monoisotopic (exact) mass is 402 g/mol. The van der Waals surface area contributed by atoms with Gasteiger partial charge in [-0.1, -0.05) is 11.6 Å². The highest BCUT2D eigenvalue weighted by Gasteiger charge is 2.22. The van der Waals surface area contributed by atoms with Crippen LogP contribution in [0, 0.1) is 0 Å². The summed E-state index contributed by atoms with van der Waals surface area (Å²) in [6, 6.07) is 7.94. The van der Waals surface area contributed by atoms with Crippen LogP contribution in [0.4, 0.5) is 0 Å². The van der Waals surface area contributed by atoms with Crippen LogP contribution < -0.4 is 5.32 Å². The molecule has 0 bridgehead atoms. The summed E-state index contributed by atoms with van der Waals surface area (Å²) < 4.78 is 0. The maximum Gasteiger partial charge on any atom is 0.270 e. The number of carbonyl (C=O) groups is 2. The van der Waals surface area contributed by atoms with Crippen molar-refractivity contribution < 1.29 is 19.8 Å². The Morgan fingerprint density at radius 3 is 2.61 bits per heavy atom. The molecule has 0 aliphatic heterocycles. The summed E-state index contributed by atoms with van der Waals surface area (Å²) in [5.41, 5.74) is 1.43. The molecular weight excluding hydrogens is 380 g/mol. The zero-order chi connectivity index (χ0) is 20.1. The van der Waals surface area contributed by atoms with Crippen LogP contribution in [-0.2, 0) is 17.6 Å². The average molecular weight is 403 g/mol. The Bertz CT molecular complexity index is 863. The Morgan fingerprint density at radius 1 is 1.11 bits per heavy atom. The van der Waals surface area contributed by atoms with Gasteiger partial charge in [-0.15, -0.1) is 0 Å². The molecule has 1 aliphatic rings. The van der Waals surface area contributed by atoms with E-state index >= 15 is 0 Å². The lowest BCUT2D eigenvalue weighted by atomic mass is 9.93. The fourth-order valence-electron chi connectivity index (χ4n) is 3.39. The van der Waals surface area contributed by atoms with Gasteiger partial charge in [0.2, 0.25) is 0 Å². The number of pyridine rings is 1. The first kappa shape index (κ1) is 20.3. The summed E-state index contributed by atoms with van der Waals surface area (Å²) in [7, 11) is 0. The van der Waals surface area contributed by atoms with E-state index in [9.17, 15) is 19.8 Å². The van der Waals surface area contributed by atoms with Gasteiger partial charge in [0.05, 0.1) is 6.10 Å². The van der Waals surface area contributed by atoms with Gasteiger partial charge in [0.1, 0.15) is 17.2 Å². The van der Waals surface area contributed by atoms with Gasteiger partial charge in [-0.25, -0.2) is 0 Å². The number of nitrogens with zero attached hydrogens (tertiary/aromatic N) is 1. The highest BCUT2D eigenvalue weighted by molar-refractivity contribution is 6.30. The van der Waals surface area contributed by atoms with E-state index < -0.39 is 0 Å². The van der Waals surface area contributed by atoms with Gasteiger partial charge in [0.15, 0.2) is 0 Å². The number of aromatic hydroxyl groups is 1. The summed E-state index contributed by atoms with van der Waals surface area (Å²) >= 11 is 5.92. The van der Waals surface area contributed by atoms with Gasteiger partial charge < -0.3 is 15.5 Å². The van der Waals surface area contributed by atoms with Crippen molar-refractivity contribution in [2.75, 3.05) is 0 Å². The second-order valence-corrected chi connectivity index (χ2v) is 7.63. The molecule has 1 heterocycles. The van der Waals surface area contributed by atoms with Crippen molar-refractivity contribution in [3.63, 3.8) is 0 Å². The first-order valence-electron chi connectivity index (χ1n) is 9.33. The number of carbonyl (C=O) groups excluding carboxylic acids is 2. The zero-order valence-corrected chi connectivity index (χ0v) is 16.2. The van der Waals surface area contributed by atoms with Gasteiger partial charge >= 0.3 is 0 Å². The molecule has 2 aromatic rings. The Balaban J connectivity index is 1.60. The molecule has 1 aromatic carbocycles. The minimum Gasteiger partial charge on any atom is -0.508 e. The van der Waals surface area contributed by atoms with E-state index in [-0.39, 0.29) is 48.1 Å². The SMILES string of the molecule is O=C(Cc1ccnc(C(=O)NC2CCC(O)CC2)c1)Cc1cc(Cl)ccc1O. The number of halogens is 1. The first-order valence-corrected chi connectivity index (χ1v) is 9.71. The minimum atomic E-state index is -0.278. The largest absolute Gasteiger partial charge is 0.508 e. The number of phenolic OH excluding ortho intramolecular Hbond substituents is 1. The summed E-state index contributed by atoms with van der Waals surface area (Å²) in [5, 5.41) is 22.8. The number of rotatable bonds is 6. The van der Waals surface area contributed by atoms with Crippen molar-refractivity contribution in [2.24, 2.45) is 0 Å². The average Bonchev–Trinajstić information content (AvgIpc) is 2.66. The van der Waals surface area contributed by atoms with Crippen LogP contribution in [0.1, 0.15) is 47.3 Å². The van der Waals surface area contributed by atoms with Crippen LogP contribution >= 0.6 is 11.6 Å². The van der Waals surface area contributed by atoms with Crippen LogP contribution in [0.25, 0.3) is 0 Å². The lowest BCUT2D eigenvalue weighted by Crippen LogP contribution is -2.38. The minimum absolute atomic E-state index is 0.0325. The normalized spacial score (nSPS) is 19.2. The highest BCUT2D eigenvalue weighted by Crippen LogP contribution is 2.22. The molecule has 1 aromatic heterocycles. The Hall–Kier alpha value is -2.44. The van der Waals surface area contributed by atoms with Gasteiger partial charge in [0.25, 0.3) is 5.91 Å². The number of hydrogen-bond donors (Lipinski definition) is 3. The topological polar surface area (TPSA) is 99.5 Å². The lowest BCUT2D eigenvalue weighted by Gasteiger charge is -2.26. The number of aromatic nitrogens is 1. The van der Waals surface area contributed by atoms with Crippen molar-refractivity contribution in [1.29, 1.82) is 0 Å². The first-order chi connectivity index (χ1) is 13.4. The molecule has 0 atom stereocenters. The van der Waals surface area contributed by atoms with Crippen LogP contribution in [0.5, 0.6) is 5.75 Å². The molecular formula is C21H23ClN2O4. The second kappa shape index (κ2) is 9.17. The Morgan fingerprint density at radius 2 is 1.86 bits per heavy atom. The molecule has 7 heteroatoms. The highest BCUT2D eigenvalue weighted by atomic mass is 35.5. The number of aliphatic hydroxyl groups is 1. The lowest BCUT2D eigenvalue weighted by molar-refractivity contribution is -0.117. The molecule has 0 unspecified atom stereocenters. The maximum absolute atomic E-state index is 12.4. The summed E-state index contributed by atoms with van der Waals surface area (Å²) in [5.74, 6) is -0.343. The Kier molecular flexibility index (Phi) is 6.65. The number of amides is 1. The van der Waals surface area contributed by atoms with Crippen molar-refractivity contribution >= 4 is 23.3 Å². The molecule has 1 aliphatic carbocycles. The van der Waals surface area contributed by atoms with Crippen molar-refractivity contribution in [3.05, 3.63) is 58.4 Å². The van der Waals surface area contributed by atoms with E-state index in [0.29, 0.717) is 29.0 Å². The number of phenols is 1. The molecule has 28 heavy (non-hydrogen) atoms. The number of ketones is 1. The Labute approximate surface area is 168 Å². The third-order valence-electron chi connectivity index (χ3n) is 4.92.